The highest BCUT2D eigenvalue weighted by molar-refractivity contribution is 7.99. The van der Waals surface area contributed by atoms with Crippen LogP contribution in [-0.2, 0) is 11.8 Å². The molecule has 0 aliphatic rings. The molecule has 2 aromatic carbocycles. The summed E-state index contributed by atoms with van der Waals surface area (Å²) in [6.07, 6.45) is 0. The third-order valence-electron chi connectivity index (χ3n) is 4.15. The van der Waals surface area contributed by atoms with Crippen molar-refractivity contribution in [1.82, 2.24) is 24.9 Å². The van der Waals surface area contributed by atoms with Gasteiger partial charge in [0.15, 0.2) is 5.16 Å². The molecule has 0 unspecified atom stereocenters. The van der Waals surface area contributed by atoms with Crippen molar-refractivity contribution in [2.24, 2.45) is 7.05 Å². The predicted octanol–water partition coefficient (Wildman–Crippen LogP) is 3.57. The van der Waals surface area contributed by atoms with Gasteiger partial charge in [-0.3, -0.25) is 4.79 Å². The Morgan fingerprint density at radius 2 is 1.86 bits per heavy atom. The van der Waals surface area contributed by atoms with E-state index in [1.807, 2.05) is 61.5 Å². The van der Waals surface area contributed by atoms with Crippen molar-refractivity contribution in [2.45, 2.75) is 12.1 Å². The van der Waals surface area contributed by atoms with Crippen molar-refractivity contribution in [2.75, 3.05) is 11.1 Å². The van der Waals surface area contributed by atoms with E-state index in [9.17, 15) is 4.79 Å². The molecule has 2 heterocycles. The number of nitrogens with one attached hydrogen (secondary N) is 1. The molecule has 0 aliphatic heterocycles. The largest absolute Gasteiger partial charge is 0.330 e. The van der Waals surface area contributed by atoms with Gasteiger partial charge in [0.25, 0.3) is 5.89 Å². The first kappa shape index (κ1) is 18.9. The second kappa shape index (κ2) is 8.27. The topological polar surface area (TPSA) is 98.7 Å². The normalized spacial score (nSPS) is 10.8. The summed E-state index contributed by atoms with van der Waals surface area (Å²) in [5, 5.41) is 15.7. The minimum atomic E-state index is -0.118. The van der Waals surface area contributed by atoms with Crippen LogP contribution in [0.25, 0.3) is 23.1 Å². The van der Waals surface area contributed by atoms with Crippen LogP contribution in [-0.4, -0.2) is 36.6 Å². The number of anilines is 1. The maximum atomic E-state index is 12.2. The number of thioether (sulfide) groups is 1. The molecule has 1 N–H and O–H groups in total. The van der Waals surface area contributed by atoms with E-state index in [0.717, 1.165) is 16.8 Å². The highest BCUT2D eigenvalue weighted by atomic mass is 32.2. The molecule has 0 fully saturated rings. The molecule has 0 saturated heterocycles. The lowest BCUT2D eigenvalue weighted by Gasteiger charge is -2.05. The van der Waals surface area contributed by atoms with Crippen molar-refractivity contribution < 1.29 is 9.32 Å². The van der Waals surface area contributed by atoms with Crippen LogP contribution in [0.2, 0.25) is 0 Å². The third-order valence-corrected chi connectivity index (χ3v) is 5.17. The highest BCUT2D eigenvalue weighted by Gasteiger charge is 2.19. The van der Waals surface area contributed by atoms with Gasteiger partial charge in [-0.1, -0.05) is 64.9 Å². The van der Waals surface area contributed by atoms with Gasteiger partial charge in [-0.25, -0.2) is 0 Å². The zero-order valence-corrected chi connectivity index (χ0v) is 16.7. The molecule has 0 spiro atoms. The predicted molar refractivity (Wildman–Crippen MR) is 110 cm³/mol. The Balaban J connectivity index is 1.42. The Labute approximate surface area is 171 Å². The number of rotatable bonds is 6. The summed E-state index contributed by atoms with van der Waals surface area (Å²) in [4.78, 5) is 16.6. The van der Waals surface area contributed by atoms with Gasteiger partial charge in [-0.15, -0.1) is 10.2 Å². The molecular formula is C20H18N6O2S. The van der Waals surface area contributed by atoms with Crippen molar-refractivity contribution in [3.05, 3.63) is 60.2 Å². The molecule has 146 valence electrons. The van der Waals surface area contributed by atoms with Crippen molar-refractivity contribution in [1.29, 1.82) is 0 Å². The Kier molecular flexibility index (Phi) is 5.39. The number of hydrogen-bond donors (Lipinski definition) is 1. The van der Waals surface area contributed by atoms with Crippen molar-refractivity contribution in [3.63, 3.8) is 0 Å². The maximum absolute atomic E-state index is 12.2. The number of carbonyl (C=O) groups excluding carboxylic acids is 1. The second-order valence-corrected chi connectivity index (χ2v) is 7.30. The molecule has 1 amide bonds. The van der Waals surface area contributed by atoms with E-state index in [2.05, 4.69) is 25.7 Å². The van der Waals surface area contributed by atoms with Gasteiger partial charge in [-0.05, 0) is 19.1 Å². The van der Waals surface area contributed by atoms with E-state index >= 15 is 0 Å². The number of aryl methyl sites for hydroxylation is 1. The monoisotopic (exact) mass is 406 g/mol. The Morgan fingerprint density at radius 1 is 1.10 bits per heavy atom. The molecule has 0 bridgehead atoms. The van der Waals surface area contributed by atoms with Crippen molar-refractivity contribution >= 4 is 23.4 Å². The summed E-state index contributed by atoms with van der Waals surface area (Å²) in [7, 11) is 1.79. The molecule has 29 heavy (non-hydrogen) atoms. The van der Waals surface area contributed by atoms with Crippen LogP contribution >= 0.6 is 11.8 Å². The van der Waals surface area contributed by atoms with Gasteiger partial charge in [0, 0.05) is 18.3 Å². The molecule has 0 radical (unpaired) electrons. The maximum Gasteiger partial charge on any atom is 0.296 e. The van der Waals surface area contributed by atoms with Crippen LogP contribution in [0.5, 0.6) is 0 Å². The molecule has 2 aromatic heterocycles. The summed E-state index contributed by atoms with van der Waals surface area (Å²) in [5.74, 6) is 1.29. The van der Waals surface area contributed by atoms with E-state index in [4.69, 9.17) is 4.52 Å². The fraction of sp³-hybridized carbons (Fsp3) is 0.150. The Morgan fingerprint density at radius 3 is 2.62 bits per heavy atom. The zero-order valence-electron chi connectivity index (χ0n) is 15.9. The summed E-state index contributed by atoms with van der Waals surface area (Å²) >= 11 is 1.28. The van der Waals surface area contributed by atoms with E-state index < -0.39 is 0 Å². The van der Waals surface area contributed by atoms with Gasteiger partial charge in [0.2, 0.25) is 17.6 Å². The van der Waals surface area contributed by atoms with Crippen molar-refractivity contribution in [3.8, 4) is 23.1 Å². The molecular weight excluding hydrogens is 388 g/mol. The minimum absolute atomic E-state index is 0.118. The number of amides is 1. The first-order valence-electron chi connectivity index (χ1n) is 8.88. The summed E-state index contributed by atoms with van der Waals surface area (Å²) < 4.78 is 7.07. The zero-order chi connectivity index (χ0) is 20.2. The quantitative estimate of drug-likeness (QED) is 0.489. The minimum Gasteiger partial charge on any atom is -0.330 e. The molecule has 0 aliphatic carbocycles. The first-order valence-corrected chi connectivity index (χ1v) is 9.87. The van der Waals surface area contributed by atoms with Gasteiger partial charge in [0.1, 0.15) is 0 Å². The number of nitrogens with zero attached hydrogens (tertiary/aromatic N) is 5. The van der Waals surface area contributed by atoms with Gasteiger partial charge >= 0.3 is 0 Å². The van der Waals surface area contributed by atoms with Crippen LogP contribution in [0.15, 0.2) is 64.3 Å². The van der Waals surface area contributed by atoms with Gasteiger partial charge < -0.3 is 14.4 Å². The van der Waals surface area contributed by atoms with E-state index in [1.54, 1.807) is 11.6 Å². The van der Waals surface area contributed by atoms with Crippen LogP contribution < -0.4 is 5.32 Å². The van der Waals surface area contributed by atoms with E-state index in [0.29, 0.717) is 16.8 Å². The lowest BCUT2D eigenvalue weighted by Crippen LogP contribution is -2.14. The van der Waals surface area contributed by atoms with Crippen LogP contribution in [0.4, 0.5) is 5.69 Å². The van der Waals surface area contributed by atoms with E-state index in [-0.39, 0.29) is 17.6 Å². The lowest BCUT2D eigenvalue weighted by atomic mass is 10.2. The fourth-order valence-corrected chi connectivity index (χ4v) is 3.32. The SMILES string of the molecule is Cc1ccc(NC(=O)CSc2nnc(-c3nc(-c4ccccc4)no3)n2C)cc1. The summed E-state index contributed by atoms with van der Waals surface area (Å²) in [6.45, 7) is 2.00. The second-order valence-electron chi connectivity index (χ2n) is 6.36. The summed E-state index contributed by atoms with van der Waals surface area (Å²) in [6, 6.07) is 17.2. The molecule has 4 rings (SSSR count). The lowest BCUT2D eigenvalue weighted by molar-refractivity contribution is -0.113. The van der Waals surface area contributed by atoms with Crippen LogP contribution in [0, 0.1) is 6.92 Å². The number of benzene rings is 2. The number of hydrogen-bond acceptors (Lipinski definition) is 7. The Bertz CT molecular complexity index is 1120. The molecule has 0 saturated carbocycles. The average Bonchev–Trinajstić information content (AvgIpc) is 3.36. The number of aromatic nitrogens is 5. The average molecular weight is 406 g/mol. The van der Waals surface area contributed by atoms with Gasteiger partial charge in [-0.2, -0.15) is 4.98 Å². The smallest absolute Gasteiger partial charge is 0.296 e. The summed E-state index contributed by atoms with van der Waals surface area (Å²) in [5.41, 5.74) is 2.76. The molecule has 4 aromatic rings. The molecule has 9 heteroatoms. The number of carbonyl (C=O) groups is 1. The first-order chi connectivity index (χ1) is 14.1. The molecule has 8 nitrogen and oxygen atoms in total. The van der Waals surface area contributed by atoms with Crippen LogP contribution in [0.1, 0.15) is 5.56 Å². The van der Waals surface area contributed by atoms with E-state index in [1.165, 1.54) is 11.8 Å². The standard InChI is InChI=1S/C20H18N6O2S/c1-13-8-10-15(11-9-13)21-16(27)12-29-20-24-23-18(26(20)2)19-22-17(25-28-19)14-6-4-3-5-7-14/h3-11H,12H2,1-2H3,(H,21,27). The fourth-order valence-electron chi connectivity index (χ4n) is 2.61. The van der Waals surface area contributed by atoms with Crippen LogP contribution in [0.3, 0.4) is 0 Å². The highest BCUT2D eigenvalue weighted by Crippen LogP contribution is 2.24. The third kappa shape index (κ3) is 4.35. The van der Waals surface area contributed by atoms with Gasteiger partial charge in [0.05, 0.1) is 5.75 Å². The Hall–Kier alpha value is -3.46. The molecule has 0 atom stereocenters.